The van der Waals surface area contributed by atoms with E-state index in [1.54, 1.807) is 0 Å². The van der Waals surface area contributed by atoms with Gasteiger partial charge in [-0.2, -0.15) is 0 Å². The second-order valence-electron chi connectivity index (χ2n) is 3.46. The summed E-state index contributed by atoms with van der Waals surface area (Å²) in [4.78, 5) is 0. The third-order valence-corrected chi connectivity index (χ3v) is 2.16. The Kier molecular flexibility index (Phi) is 6.74. The molecule has 0 spiro atoms. The van der Waals surface area contributed by atoms with Crippen LogP contribution in [0.2, 0.25) is 0 Å². The number of hydrogen-bond donors (Lipinski definition) is 0. The van der Waals surface area contributed by atoms with Gasteiger partial charge in [0.1, 0.15) is 0 Å². The van der Waals surface area contributed by atoms with Crippen LogP contribution in [0.25, 0.3) is 0 Å². The minimum absolute atomic E-state index is 1.01. The minimum Gasteiger partial charge on any atom is -0.0885 e. The monoisotopic (exact) mass is 187 g/mol. The van der Waals surface area contributed by atoms with E-state index in [2.05, 4.69) is 42.5 Å². The van der Waals surface area contributed by atoms with Gasteiger partial charge in [-0.1, -0.05) is 42.5 Å². The van der Waals surface area contributed by atoms with E-state index in [4.69, 9.17) is 0 Å². The zero-order valence-corrected chi connectivity index (χ0v) is 8.78. The zero-order chi connectivity index (χ0) is 9.90. The van der Waals surface area contributed by atoms with Crippen molar-refractivity contribution < 1.29 is 0 Å². The van der Waals surface area contributed by atoms with E-state index in [9.17, 15) is 0 Å². The van der Waals surface area contributed by atoms with Crippen LogP contribution in [0.4, 0.5) is 0 Å². The molecule has 75 valence electrons. The smallest absolute Gasteiger partial charge is 0.0160 e. The third-order valence-electron chi connectivity index (χ3n) is 2.16. The Balaban J connectivity index is 2.34. The first-order chi connectivity index (χ1) is 7.00. The fourth-order valence-electron chi connectivity index (χ4n) is 1.35. The Labute approximate surface area is 87.7 Å². The lowest BCUT2D eigenvalue weighted by Gasteiger charge is -1.91. The van der Waals surface area contributed by atoms with Gasteiger partial charge in [0.05, 0.1) is 0 Å². The van der Waals surface area contributed by atoms with Gasteiger partial charge >= 0.3 is 0 Å². The summed E-state index contributed by atoms with van der Waals surface area (Å²) in [5.74, 6) is 0. The Bertz CT molecular complexity index is 228. The molecule has 14 heavy (non-hydrogen) atoms. The van der Waals surface area contributed by atoms with E-state index in [0.717, 1.165) is 6.42 Å². The van der Waals surface area contributed by atoms with Crippen LogP contribution in [0.3, 0.4) is 0 Å². The molecule has 0 aromatic heterocycles. The molecular weight excluding hydrogens is 168 g/mol. The number of allylic oxidation sites excluding steroid dienone is 8. The Morgan fingerprint density at radius 3 is 2.36 bits per heavy atom. The summed E-state index contributed by atoms with van der Waals surface area (Å²) >= 11 is 0. The van der Waals surface area contributed by atoms with Gasteiger partial charge in [-0.15, -0.1) is 0 Å². The van der Waals surface area contributed by atoms with Crippen molar-refractivity contribution >= 4 is 0 Å². The molecule has 0 amide bonds. The summed E-state index contributed by atoms with van der Waals surface area (Å²) in [6.45, 7) is 0. The van der Waals surface area contributed by atoms with Crippen molar-refractivity contribution in [1.82, 2.24) is 0 Å². The highest BCUT2D eigenvalue weighted by Gasteiger charge is 1.82. The lowest BCUT2D eigenvalue weighted by molar-refractivity contribution is 0.862. The first kappa shape index (κ1) is 11.0. The van der Waals surface area contributed by atoms with Gasteiger partial charge in [-0.3, -0.25) is 0 Å². The standard InChI is InChI=1S/C14H19/c1-2-4-6-8-10-12-14-13-11-9-7-5-3-1/h1-2,5,8-11H,3-4,6,12-14H2. The summed E-state index contributed by atoms with van der Waals surface area (Å²) in [6, 6.07) is 0. The lowest BCUT2D eigenvalue weighted by atomic mass is 10.2. The molecule has 0 aliphatic heterocycles. The lowest BCUT2D eigenvalue weighted by Crippen LogP contribution is -1.71. The maximum atomic E-state index is 3.16. The minimum atomic E-state index is 1.01. The number of rotatable bonds is 0. The first-order valence-electron chi connectivity index (χ1n) is 5.53. The van der Waals surface area contributed by atoms with E-state index in [1.807, 2.05) is 6.08 Å². The van der Waals surface area contributed by atoms with Crippen LogP contribution in [0.15, 0.2) is 42.5 Å². The Morgan fingerprint density at radius 1 is 0.714 bits per heavy atom. The first-order valence-corrected chi connectivity index (χ1v) is 5.53. The van der Waals surface area contributed by atoms with Crippen molar-refractivity contribution in [2.24, 2.45) is 0 Å². The van der Waals surface area contributed by atoms with Crippen molar-refractivity contribution in [2.75, 3.05) is 0 Å². The summed E-state index contributed by atoms with van der Waals surface area (Å²) in [6.07, 6.45) is 25.5. The molecule has 1 rings (SSSR count). The SMILES string of the molecule is [C]1=CCC=CCCC=CCCCC=C1. The highest BCUT2D eigenvalue weighted by Crippen LogP contribution is 2.02. The molecule has 0 saturated heterocycles. The Morgan fingerprint density at radius 2 is 1.43 bits per heavy atom. The maximum absolute atomic E-state index is 3.16. The van der Waals surface area contributed by atoms with Gasteiger partial charge in [0, 0.05) is 0 Å². The highest BCUT2D eigenvalue weighted by molar-refractivity contribution is 4.99. The molecule has 1 radical (unpaired) electrons. The molecule has 0 aromatic carbocycles. The van der Waals surface area contributed by atoms with Gasteiger partial charge in [0.2, 0.25) is 0 Å². The van der Waals surface area contributed by atoms with Crippen LogP contribution in [-0.4, -0.2) is 0 Å². The van der Waals surface area contributed by atoms with Gasteiger partial charge < -0.3 is 0 Å². The van der Waals surface area contributed by atoms with Crippen LogP contribution < -0.4 is 0 Å². The maximum Gasteiger partial charge on any atom is -0.0160 e. The predicted molar refractivity (Wildman–Crippen MR) is 62.9 cm³/mol. The normalized spacial score (nSPS) is 19.4. The largest absolute Gasteiger partial charge is 0.0885 e. The molecule has 0 fully saturated rings. The van der Waals surface area contributed by atoms with Gasteiger partial charge in [0.25, 0.3) is 0 Å². The van der Waals surface area contributed by atoms with Crippen LogP contribution in [-0.2, 0) is 0 Å². The average molecular weight is 187 g/mol. The van der Waals surface area contributed by atoms with Crippen LogP contribution in [0.5, 0.6) is 0 Å². The summed E-state index contributed by atoms with van der Waals surface area (Å²) in [5, 5.41) is 0. The summed E-state index contributed by atoms with van der Waals surface area (Å²) < 4.78 is 0. The predicted octanol–water partition coefficient (Wildman–Crippen LogP) is 4.37. The van der Waals surface area contributed by atoms with Crippen molar-refractivity contribution in [3.8, 4) is 0 Å². The van der Waals surface area contributed by atoms with Crippen LogP contribution in [0, 0.1) is 6.08 Å². The molecule has 0 unspecified atom stereocenters. The quantitative estimate of drug-likeness (QED) is 0.494. The molecule has 0 N–H and O–H groups in total. The molecule has 0 heteroatoms. The molecule has 0 heterocycles. The highest BCUT2D eigenvalue weighted by atomic mass is 13.9. The van der Waals surface area contributed by atoms with Crippen molar-refractivity contribution in [3.63, 3.8) is 0 Å². The van der Waals surface area contributed by atoms with Gasteiger partial charge in [-0.25, -0.2) is 0 Å². The van der Waals surface area contributed by atoms with E-state index in [1.165, 1.54) is 32.1 Å². The molecule has 0 atom stereocenters. The third kappa shape index (κ3) is 6.47. The summed E-state index contributed by atoms with van der Waals surface area (Å²) in [5.41, 5.74) is 0. The molecular formula is C14H19. The molecule has 0 bridgehead atoms. The van der Waals surface area contributed by atoms with E-state index in [-0.39, 0.29) is 0 Å². The van der Waals surface area contributed by atoms with Crippen molar-refractivity contribution in [1.29, 1.82) is 0 Å². The molecule has 0 aromatic rings. The molecule has 1 aliphatic rings. The fourth-order valence-corrected chi connectivity index (χ4v) is 1.35. The topological polar surface area (TPSA) is 0 Å². The summed E-state index contributed by atoms with van der Waals surface area (Å²) in [7, 11) is 0. The van der Waals surface area contributed by atoms with Crippen LogP contribution in [0.1, 0.15) is 38.5 Å². The van der Waals surface area contributed by atoms with Gasteiger partial charge in [0.15, 0.2) is 0 Å². The molecule has 0 nitrogen and oxygen atoms in total. The fraction of sp³-hybridized carbons (Fsp3) is 0.429. The Hall–Kier alpha value is -1.04. The molecule has 0 saturated carbocycles. The number of hydrogen-bond acceptors (Lipinski definition) is 0. The molecule has 1 aliphatic carbocycles. The van der Waals surface area contributed by atoms with Crippen LogP contribution >= 0.6 is 0 Å². The zero-order valence-electron chi connectivity index (χ0n) is 8.78. The van der Waals surface area contributed by atoms with Crippen molar-refractivity contribution in [3.05, 3.63) is 48.6 Å². The average Bonchev–Trinajstić information content (AvgIpc) is 2.22. The van der Waals surface area contributed by atoms with E-state index < -0.39 is 0 Å². The van der Waals surface area contributed by atoms with E-state index >= 15 is 0 Å². The second-order valence-corrected chi connectivity index (χ2v) is 3.46. The second kappa shape index (κ2) is 8.55. The van der Waals surface area contributed by atoms with Gasteiger partial charge in [-0.05, 0) is 44.6 Å². The van der Waals surface area contributed by atoms with E-state index in [0.29, 0.717) is 0 Å². The van der Waals surface area contributed by atoms with Crippen molar-refractivity contribution in [2.45, 2.75) is 38.5 Å².